The normalized spacial score (nSPS) is 9.54. The van der Waals surface area contributed by atoms with Crippen molar-refractivity contribution in [3.63, 3.8) is 0 Å². The molecule has 0 radical (unpaired) electrons. The molecule has 2 N–H and O–H groups in total. The third-order valence-electron chi connectivity index (χ3n) is 1.49. The molecule has 0 aromatic carbocycles. The Balaban J connectivity index is 0.000000243. The molecule has 0 unspecified atom stereocenters. The monoisotopic (exact) mass is 186 g/mol. The van der Waals surface area contributed by atoms with Gasteiger partial charge in [0.15, 0.2) is 6.29 Å². The van der Waals surface area contributed by atoms with Gasteiger partial charge < -0.3 is 14.6 Å². The van der Waals surface area contributed by atoms with Crippen LogP contribution in [0.1, 0.15) is 32.6 Å². The molecule has 0 amide bonds. The first-order valence-corrected chi connectivity index (χ1v) is 4.60. The van der Waals surface area contributed by atoms with Gasteiger partial charge in [-0.25, -0.2) is 0 Å². The summed E-state index contributed by atoms with van der Waals surface area (Å²) in [6.45, 7) is 2.09. The van der Waals surface area contributed by atoms with E-state index in [2.05, 4.69) is 11.3 Å². The van der Waals surface area contributed by atoms with Crippen LogP contribution in [-0.2, 0) is 0 Å². The van der Waals surface area contributed by atoms with Crippen molar-refractivity contribution in [2.24, 2.45) is 0 Å². The Morgan fingerprint density at radius 2 is 1.77 bits per heavy atom. The number of unbranched alkanes of at least 4 members (excludes halogenated alkanes) is 2. The van der Waals surface area contributed by atoms with E-state index < -0.39 is 6.29 Å². The molecule has 0 atom stereocenters. The minimum absolute atomic E-state index is 0.522. The number of hydrogen-bond donors (Lipinski definition) is 2. The van der Waals surface area contributed by atoms with Crippen LogP contribution in [0.5, 0.6) is 0 Å². The molecule has 1 rings (SSSR count). The van der Waals surface area contributed by atoms with Gasteiger partial charge in [-0.2, -0.15) is 0 Å². The SMILES string of the molecule is CCCCCC(O)O.c1ccoc1. The maximum Gasteiger partial charge on any atom is 0.151 e. The maximum absolute atomic E-state index is 8.33. The molecule has 0 bridgehead atoms. The second-order valence-corrected chi connectivity index (χ2v) is 2.77. The molecule has 0 saturated heterocycles. The standard InChI is InChI=1S/C6H14O2.C4H4O/c1-2-3-4-5-6(7)8;1-2-4-5-3-1/h6-8H,2-5H2,1H3;1-4H. The predicted octanol–water partition coefficient (Wildman–Crippen LogP) is 2.16. The lowest BCUT2D eigenvalue weighted by atomic mass is 10.2. The maximum atomic E-state index is 8.33. The van der Waals surface area contributed by atoms with Crippen molar-refractivity contribution in [3.05, 3.63) is 24.7 Å². The third-order valence-corrected chi connectivity index (χ3v) is 1.49. The molecule has 1 aromatic heterocycles. The Morgan fingerprint density at radius 3 is 2.08 bits per heavy atom. The van der Waals surface area contributed by atoms with E-state index >= 15 is 0 Å². The van der Waals surface area contributed by atoms with E-state index in [9.17, 15) is 0 Å². The first-order chi connectivity index (χ1) is 6.27. The van der Waals surface area contributed by atoms with Crippen LogP contribution in [0.2, 0.25) is 0 Å². The van der Waals surface area contributed by atoms with Crippen molar-refractivity contribution in [1.82, 2.24) is 0 Å². The second kappa shape index (κ2) is 9.29. The summed E-state index contributed by atoms with van der Waals surface area (Å²) in [5, 5.41) is 16.7. The van der Waals surface area contributed by atoms with Crippen molar-refractivity contribution >= 4 is 0 Å². The van der Waals surface area contributed by atoms with E-state index in [1.165, 1.54) is 0 Å². The highest BCUT2D eigenvalue weighted by Crippen LogP contribution is 1.99. The molecule has 1 aromatic rings. The van der Waals surface area contributed by atoms with Crippen LogP contribution in [0.25, 0.3) is 0 Å². The van der Waals surface area contributed by atoms with Gasteiger partial charge in [0.1, 0.15) is 0 Å². The van der Waals surface area contributed by atoms with Crippen molar-refractivity contribution < 1.29 is 14.6 Å². The molecule has 0 aliphatic rings. The quantitative estimate of drug-likeness (QED) is 0.559. The van der Waals surface area contributed by atoms with Gasteiger partial charge >= 0.3 is 0 Å². The molecule has 0 spiro atoms. The van der Waals surface area contributed by atoms with Crippen molar-refractivity contribution in [2.45, 2.75) is 38.9 Å². The summed E-state index contributed by atoms with van der Waals surface area (Å²) in [4.78, 5) is 0. The number of aliphatic hydroxyl groups excluding tert-OH is 1. The van der Waals surface area contributed by atoms with Gasteiger partial charge in [0.25, 0.3) is 0 Å². The van der Waals surface area contributed by atoms with Crippen molar-refractivity contribution in [3.8, 4) is 0 Å². The van der Waals surface area contributed by atoms with E-state index in [1.807, 2.05) is 12.1 Å². The van der Waals surface area contributed by atoms with Gasteiger partial charge in [0.05, 0.1) is 12.5 Å². The van der Waals surface area contributed by atoms with Gasteiger partial charge in [-0.1, -0.05) is 19.8 Å². The fourth-order valence-corrected chi connectivity index (χ4v) is 0.804. The number of furan rings is 1. The average Bonchev–Trinajstić information content (AvgIpc) is 2.61. The number of hydrogen-bond acceptors (Lipinski definition) is 3. The smallest absolute Gasteiger partial charge is 0.151 e. The Hall–Kier alpha value is -0.800. The second-order valence-electron chi connectivity index (χ2n) is 2.77. The lowest BCUT2D eigenvalue weighted by Crippen LogP contribution is -2.02. The molecule has 0 fully saturated rings. The number of rotatable bonds is 4. The molecule has 0 aliphatic heterocycles. The van der Waals surface area contributed by atoms with Crippen molar-refractivity contribution in [1.29, 1.82) is 0 Å². The van der Waals surface area contributed by atoms with Crippen LogP contribution in [0.3, 0.4) is 0 Å². The largest absolute Gasteiger partial charge is 0.473 e. The highest BCUT2D eigenvalue weighted by Gasteiger charge is 1.93. The van der Waals surface area contributed by atoms with E-state index in [0.717, 1.165) is 19.3 Å². The van der Waals surface area contributed by atoms with Gasteiger partial charge in [0.2, 0.25) is 0 Å². The zero-order valence-electron chi connectivity index (χ0n) is 8.02. The molecule has 1 heterocycles. The van der Waals surface area contributed by atoms with Gasteiger partial charge in [-0.15, -0.1) is 0 Å². The Labute approximate surface area is 79.0 Å². The van der Waals surface area contributed by atoms with E-state index in [-0.39, 0.29) is 0 Å². The highest BCUT2D eigenvalue weighted by atomic mass is 16.5. The summed E-state index contributed by atoms with van der Waals surface area (Å²) in [6.07, 6.45) is 5.83. The Bertz CT molecular complexity index is 141. The first kappa shape index (κ1) is 12.2. The Morgan fingerprint density at radius 1 is 1.15 bits per heavy atom. The van der Waals surface area contributed by atoms with Crippen LogP contribution in [0.15, 0.2) is 29.1 Å². The van der Waals surface area contributed by atoms with Crippen molar-refractivity contribution in [2.75, 3.05) is 0 Å². The van der Waals surface area contributed by atoms with Gasteiger partial charge in [0, 0.05) is 0 Å². The third kappa shape index (κ3) is 11.2. The van der Waals surface area contributed by atoms with Crippen LogP contribution in [-0.4, -0.2) is 16.5 Å². The lowest BCUT2D eigenvalue weighted by molar-refractivity contribution is -0.0465. The van der Waals surface area contributed by atoms with Crippen LogP contribution in [0, 0.1) is 0 Å². The van der Waals surface area contributed by atoms with Gasteiger partial charge in [-0.3, -0.25) is 0 Å². The summed E-state index contributed by atoms with van der Waals surface area (Å²) >= 11 is 0. The molecular weight excluding hydrogens is 168 g/mol. The Kier molecular flexibility index (Phi) is 8.72. The summed E-state index contributed by atoms with van der Waals surface area (Å²) in [7, 11) is 0. The highest BCUT2D eigenvalue weighted by molar-refractivity contribution is 4.79. The summed E-state index contributed by atoms with van der Waals surface area (Å²) in [6, 6.07) is 3.67. The zero-order chi connectivity index (χ0) is 9.94. The molecule has 3 heteroatoms. The van der Waals surface area contributed by atoms with Crippen LogP contribution >= 0.6 is 0 Å². The lowest BCUT2D eigenvalue weighted by Gasteiger charge is -1.99. The van der Waals surface area contributed by atoms with Crippen LogP contribution < -0.4 is 0 Å². The molecule has 76 valence electrons. The summed E-state index contributed by atoms with van der Waals surface area (Å²) < 4.78 is 4.58. The molecule has 3 nitrogen and oxygen atoms in total. The zero-order valence-corrected chi connectivity index (χ0v) is 8.02. The summed E-state index contributed by atoms with van der Waals surface area (Å²) in [5.74, 6) is 0. The fraction of sp³-hybridized carbons (Fsp3) is 0.600. The first-order valence-electron chi connectivity index (χ1n) is 4.60. The predicted molar refractivity (Wildman–Crippen MR) is 51.1 cm³/mol. The average molecular weight is 186 g/mol. The van der Waals surface area contributed by atoms with Crippen LogP contribution in [0.4, 0.5) is 0 Å². The molecule has 0 saturated carbocycles. The minimum atomic E-state index is -1.10. The number of aliphatic hydroxyl groups is 2. The van der Waals surface area contributed by atoms with Gasteiger partial charge in [-0.05, 0) is 25.0 Å². The topological polar surface area (TPSA) is 53.6 Å². The minimum Gasteiger partial charge on any atom is -0.473 e. The molecule has 13 heavy (non-hydrogen) atoms. The van der Waals surface area contributed by atoms with E-state index in [0.29, 0.717) is 6.42 Å². The van der Waals surface area contributed by atoms with E-state index in [4.69, 9.17) is 10.2 Å². The summed E-state index contributed by atoms with van der Waals surface area (Å²) in [5.41, 5.74) is 0. The molecular formula is C10H18O3. The van der Waals surface area contributed by atoms with E-state index in [1.54, 1.807) is 12.5 Å². The molecule has 0 aliphatic carbocycles. The fourth-order valence-electron chi connectivity index (χ4n) is 0.804.